The summed E-state index contributed by atoms with van der Waals surface area (Å²) in [6.07, 6.45) is 1.06. The van der Waals surface area contributed by atoms with Gasteiger partial charge in [0.25, 0.3) is 5.56 Å². The molecule has 0 aromatic carbocycles. The van der Waals surface area contributed by atoms with E-state index in [4.69, 9.17) is 0 Å². The highest BCUT2D eigenvalue weighted by Crippen LogP contribution is 2.23. The van der Waals surface area contributed by atoms with E-state index in [0.717, 1.165) is 30.6 Å². The minimum Gasteiger partial charge on any atom is -0.369 e. The smallest absolute Gasteiger partial charge is 0.332 e. The summed E-state index contributed by atoms with van der Waals surface area (Å²) in [7, 11) is 2.94. The molecule has 0 radical (unpaired) electrons. The number of nitriles is 1. The van der Waals surface area contributed by atoms with Crippen LogP contribution in [-0.2, 0) is 27.1 Å². The number of thiophene rings is 1. The molecular weight excluding hydrogens is 326 g/mol. The van der Waals surface area contributed by atoms with Crippen molar-refractivity contribution >= 4 is 17.2 Å². The van der Waals surface area contributed by atoms with E-state index >= 15 is 0 Å². The van der Waals surface area contributed by atoms with Crippen LogP contribution in [0, 0.1) is 11.3 Å². The summed E-state index contributed by atoms with van der Waals surface area (Å²) in [5, 5.41) is 14.5. The van der Waals surface area contributed by atoms with Crippen LogP contribution >= 0.6 is 11.3 Å². The summed E-state index contributed by atoms with van der Waals surface area (Å²) in [4.78, 5) is 27.8. The van der Waals surface area contributed by atoms with Crippen LogP contribution in [0.4, 0.5) is 5.82 Å². The number of nitrogens with one attached hydrogen (secondary N) is 1. The molecule has 0 fully saturated rings. The summed E-state index contributed by atoms with van der Waals surface area (Å²) in [5.41, 5.74) is 0.342. The first kappa shape index (κ1) is 16.5. The summed E-state index contributed by atoms with van der Waals surface area (Å²) in [5.74, 6) is 0.291. The largest absolute Gasteiger partial charge is 0.369 e. The zero-order valence-electron chi connectivity index (χ0n) is 13.7. The average molecular weight is 345 g/mol. The molecule has 126 valence electrons. The van der Waals surface area contributed by atoms with Crippen LogP contribution in [0.3, 0.4) is 0 Å². The summed E-state index contributed by atoms with van der Waals surface area (Å²) in [6, 6.07) is 4.07. The molecule has 2 aromatic heterocycles. The Morgan fingerprint density at radius 1 is 1.33 bits per heavy atom. The van der Waals surface area contributed by atoms with Gasteiger partial charge in [-0.25, -0.2) is 4.79 Å². The van der Waals surface area contributed by atoms with E-state index in [-0.39, 0.29) is 5.56 Å². The lowest BCUT2D eigenvalue weighted by molar-refractivity contribution is 0.266. The molecule has 2 aromatic rings. The second-order valence-electron chi connectivity index (χ2n) is 5.86. The number of anilines is 1. The standard InChI is InChI=1S/C16H19N5O2S/c1-19-14(12(9-17)15(22)20(2)16(19)23)18-5-7-21-6-3-13-11(10-21)4-8-24-13/h4,8,18H,3,5-7,10H2,1-2H3. The second-order valence-corrected chi connectivity index (χ2v) is 6.86. The highest BCUT2D eigenvalue weighted by Gasteiger charge is 2.18. The van der Waals surface area contributed by atoms with Gasteiger partial charge in [0.05, 0.1) is 0 Å². The Balaban J connectivity index is 1.71. The van der Waals surface area contributed by atoms with Crippen molar-refractivity contribution in [2.45, 2.75) is 13.0 Å². The molecule has 8 heteroatoms. The molecule has 3 heterocycles. The number of rotatable bonds is 4. The first-order valence-electron chi connectivity index (χ1n) is 7.74. The van der Waals surface area contributed by atoms with Gasteiger partial charge in [0.2, 0.25) is 0 Å². The van der Waals surface area contributed by atoms with Crippen molar-refractivity contribution in [1.29, 1.82) is 5.26 Å². The molecule has 0 amide bonds. The third-order valence-electron chi connectivity index (χ3n) is 4.38. The molecule has 0 aliphatic carbocycles. The van der Waals surface area contributed by atoms with E-state index in [2.05, 4.69) is 21.7 Å². The zero-order chi connectivity index (χ0) is 17.3. The number of hydrogen-bond donors (Lipinski definition) is 1. The van der Waals surface area contributed by atoms with Gasteiger partial charge in [-0.15, -0.1) is 11.3 Å². The molecular formula is C16H19N5O2S. The van der Waals surface area contributed by atoms with Crippen LogP contribution in [0.15, 0.2) is 21.0 Å². The van der Waals surface area contributed by atoms with Gasteiger partial charge in [0.1, 0.15) is 11.9 Å². The first-order valence-corrected chi connectivity index (χ1v) is 8.62. The number of aromatic nitrogens is 2. The van der Waals surface area contributed by atoms with Gasteiger partial charge < -0.3 is 5.32 Å². The van der Waals surface area contributed by atoms with Crippen LogP contribution in [0.2, 0.25) is 0 Å². The average Bonchev–Trinajstić information content (AvgIpc) is 3.05. The molecule has 0 atom stereocenters. The summed E-state index contributed by atoms with van der Waals surface area (Å²) >= 11 is 1.81. The van der Waals surface area contributed by atoms with E-state index in [1.165, 1.54) is 22.1 Å². The lowest BCUT2D eigenvalue weighted by Gasteiger charge is -2.27. The van der Waals surface area contributed by atoms with Gasteiger partial charge in [0, 0.05) is 45.2 Å². The van der Waals surface area contributed by atoms with Crippen molar-refractivity contribution in [3.63, 3.8) is 0 Å². The number of fused-ring (bicyclic) bond motifs is 1. The van der Waals surface area contributed by atoms with Crippen LogP contribution in [0.5, 0.6) is 0 Å². The summed E-state index contributed by atoms with van der Waals surface area (Å²) in [6.45, 7) is 3.26. The molecule has 3 rings (SSSR count). The van der Waals surface area contributed by atoms with Crippen molar-refractivity contribution < 1.29 is 0 Å². The number of nitrogens with zero attached hydrogens (tertiary/aromatic N) is 4. The molecule has 0 unspecified atom stereocenters. The van der Waals surface area contributed by atoms with Crippen molar-refractivity contribution in [3.8, 4) is 6.07 Å². The third-order valence-corrected chi connectivity index (χ3v) is 5.41. The molecule has 0 saturated heterocycles. The predicted octanol–water partition coefficient (Wildman–Crippen LogP) is 0.487. The van der Waals surface area contributed by atoms with E-state index < -0.39 is 11.2 Å². The van der Waals surface area contributed by atoms with Gasteiger partial charge >= 0.3 is 5.69 Å². The van der Waals surface area contributed by atoms with Crippen molar-refractivity contribution in [3.05, 3.63) is 48.3 Å². The first-order chi connectivity index (χ1) is 11.5. The molecule has 1 aliphatic rings. The Bertz CT molecular complexity index is 918. The van der Waals surface area contributed by atoms with Crippen molar-refractivity contribution in [2.75, 3.05) is 25.0 Å². The van der Waals surface area contributed by atoms with E-state index in [0.29, 0.717) is 12.4 Å². The van der Waals surface area contributed by atoms with Crippen LogP contribution in [0.1, 0.15) is 16.0 Å². The van der Waals surface area contributed by atoms with Gasteiger partial charge in [-0.2, -0.15) is 5.26 Å². The Kier molecular flexibility index (Phi) is 4.55. The fraction of sp³-hybridized carbons (Fsp3) is 0.438. The fourth-order valence-electron chi connectivity index (χ4n) is 2.98. The van der Waals surface area contributed by atoms with Crippen LogP contribution < -0.4 is 16.6 Å². The second kappa shape index (κ2) is 6.63. The van der Waals surface area contributed by atoms with E-state index in [9.17, 15) is 14.9 Å². The van der Waals surface area contributed by atoms with Gasteiger partial charge in [-0.05, 0) is 23.4 Å². The van der Waals surface area contributed by atoms with Crippen LogP contribution in [0.25, 0.3) is 0 Å². The maximum Gasteiger partial charge on any atom is 0.332 e. The Hall–Kier alpha value is -2.37. The minimum absolute atomic E-state index is 0.0293. The van der Waals surface area contributed by atoms with Crippen LogP contribution in [-0.4, -0.2) is 33.7 Å². The normalized spacial score (nSPS) is 14.2. The Labute approximate surface area is 143 Å². The molecule has 24 heavy (non-hydrogen) atoms. The minimum atomic E-state index is -0.566. The van der Waals surface area contributed by atoms with Gasteiger partial charge in [0.15, 0.2) is 5.56 Å². The molecule has 1 N–H and O–H groups in total. The molecule has 0 spiro atoms. The topological polar surface area (TPSA) is 83.1 Å². The summed E-state index contributed by atoms with van der Waals surface area (Å²) < 4.78 is 2.26. The van der Waals surface area contributed by atoms with Crippen molar-refractivity contribution in [1.82, 2.24) is 14.0 Å². The van der Waals surface area contributed by atoms with E-state index in [1.807, 2.05) is 6.07 Å². The van der Waals surface area contributed by atoms with Gasteiger partial charge in [-0.3, -0.25) is 18.8 Å². The quantitative estimate of drug-likeness (QED) is 0.872. The zero-order valence-corrected chi connectivity index (χ0v) is 14.5. The Morgan fingerprint density at radius 3 is 2.88 bits per heavy atom. The number of hydrogen-bond acceptors (Lipinski definition) is 6. The Morgan fingerprint density at radius 2 is 2.12 bits per heavy atom. The van der Waals surface area contributed by atoms with E-state index in [1.54, 1.807) is 18.4 Å². The molecule has 0 saturated carbocycles. The fourth-order valence-corrected chi connectivity index (χ4v) is 3.87. The monoisotopic (exact) mass is 345 g/mol. The SMILES string of the molecule is Cn1c(NCCN2CCc3sccc3C2)c(C#N)c(=O)n(C)c1=O. The predicted molar refractivity (Wildman–Crippen MR) is 93.4 cm³/mol. The lowest BCUT2D eigenvalue weighted by atomic mass is 10.1. The maximum atomic E-state index is 12.0. The molecule has 1 aliphatic heterocycles. The maximum absolute atomic E-state index is 12.0. The highest BCUT2D eigenvalue weighted by atomic mass is 32.1. The molecule has 7 nitrogen and oxygen atoms in total. The molecule has 0 bridgehead atoms. The third kappa shape index (κ3) is 2.88. The lowest BCUT2D eigenvalue weighted by Crippen LogP contribution is -2.40. The highest BCUT2D eigenvalue weighted by molar-refractivity contribution is 7.10. The van der Waals surface area contributed by atoms with Crippen molar-refractivity contribution in [2.24, 2.45) is 14.1 Å². The van der Waals surface area contributed by atoms with Gasteiger partial charge in [-0.1, -0.05) is 0 Å².